The molecule has 2 aromatic carbocycles. The molecule has 0 saturated carbocycles. The van der Waals surface area contributed by atoms with Gasteiger partial charge in [-0.1, -0.05) is 60.7 Å². The fraction of sp³-hybridized carbons (Fsp3) is 0.280. The van der Waals surface area contributed by atoms with Gasteiger partial charge >= 0.3 is 0 Å². The number of anilines is 1. The number of hydrogen-bond donors (Lipinski definition) is 2. The van der Waals surface area contributed by atoms with Crippen LogP contribution in [0, 0.1) is 0 Å². The SMILES string of the molecule is O=C(NCCO)c1ccc(N2CCN(C(c3ccccc3)c3ccccc3)CC2)nc1. The maximum atomic E-state index is 12.0. The van der Waals surface area contributed by atoms with Crippen LogP contribution in [0.4, 0.5) is 5.82 Å². The summed E-state index contributed by atoms with van der Waals surface area (Å²) in [5.41, 5.74) is 3.11. The normalized spacial score (nSPS) is 14.6. The molecule has 2 heterocycles. The van der Waals surface area contributed by atoms with Crippen molar-refractivity contribution in [2.75, 3.05) is 44.2 Å². The van der Waals surface area contributed by atoms with E-state index in [1.165, 1.54) is 11.1 Å². The molecule has 6 heteroatoms. The fourth-order valence-electron chi connectivity index (χ4n) is 4.07. The molecule has 0 bridgehead atoms. The van der Waals surface area contributed by atoms with Gasteiger partial charge in [-0.2, -0.15) is 0 Å². The number of aliphatic hydroxyl groups excluding tert-OH is 1. The first-order chi connectivity index (χ1) is 15.3. The highest BCUT2D eigenvalue weighted by atomic mass is 16.3. The number of benzene rings is 2. The molecule has 160 valence electrons. The first kappa shape index (κ1) is 21.0. The third-order valence-electron chi connectivity index (χ3n) is 5.64. The minimum atomic E-state index is -0.216. The zero-order valence-electron chi connectivity index (χ0n) is 17.5. The van der Waals surface area contributed by atoms with E-state index in [0.717, 1.165) is 32.0 Å². The number of hydrogen-bond acceptors (Lipinski definition) is 5. The number of nitrogens with zero attached hydrogens (tertiary/aromatic N) is 3. The molecule has 0 atom stereocenters. The number of pyridine rings is 1. The Morgan fingerprint density at radius 3 is 2.03 bits per heavy atom. The van der Waals surface area contributed by atoms with Crippen molar-refractivity contribution in [1.29, 1.82) is 0 Å². The molecule has 1 aromatic heterocycles. The van der Waals surface area contributed by atoms with E-state index in [-0.39, 0.29) is 25.1 Å². The van der Waals surface area contributed by atoms with Gasteiger partial charge in [0.25, 0.3) is 5.91 Å². The molecule has 1 aliphatic rings. The van der Waals surface area contributed by atoms with Gasteiger partial charge < -0.3 is 15.3 Å². The summed E-state index contributed by atoms with van der Waals surface area (Å²) in [6.07, 6.45) is 1.60. The average Bonchev–Trinajstić information content (AvgIpc) is 2.85. The van der Waals surface area contributed by atoms with E-state index in [4.69, 9.17) is 5.11 Å². The van der Waals surface area contributed by atoms with Crippen LogP contribution in [0.25, 0.3) is 0 Å². The zero-order valence-corrected chi connectivity index (χ0v) is 17.5. The van der Waals surface area contributed by atoms with Crippen LogP contribution in [0.15, 0.2) is 79.0 Å². The summed E-state index contributed by atoms with van der Waals surface area (Å²) in [6.45, 7) is 3.77. The summed E-state index contributed by atoms with van der Waals surface area (Å²) in [5, 5.41) is 11.5. The van der Waals surface area contributed by atoms with E-state index >= 15 is 0 Å². The van der Waals surface area contributed by atoms with Crippen molar-refractivity contribution in [3.8, 4) is 0 Å². The Labute approximate surface area is 183 Å². The number of nitrogens with one attached hydrogen (secondary N) is 1. The van der Waals surface area contributed by atoms with Crippen LogP contribution in [0.2, 0.25) is 0 Å². The van der Waals surface area contributed by atoms with Gasteiger partial charge in [0.1, 0.15) is 5.82 Å². The van der Waals surface area contributed by atoms with E-state index < -0.39 is 0 Å². The van der Waals surface area contributed by atoms with E-state index in [9.17, 15) is 4.79 Å². The first-order valence-corrected chi connectivity index (χ1v) is 10.7. The number of rotatable bonds is 7. The average molecular weight is 417 g/mol. The van der Waals surface area contributed by atoms with Gasteiger partial charge in [0.15, 0.2) is 0 Å². The minimum Gasteiger partial charge on any atom is -0.395 e. The molecule has 4 rings (SSSR count). The van der Waals surface area contributed by atoms with Crippen LogP contribution in [-0.4, -0.2) is 60.2 Å². The van der Waals surface area contributed by atoms with Crippen molar-refractivity contribution in [3.63, 3.8) is 0 Å². The Bertz CT molecular complexity index is 916. The maximum absolute atomic E-state index is 12.0. The lowest BCUT2D eigenvalue weighted by Gasteiger charge is -2.40. The number of amides is 1. The van der Waals surface area contributed by atoms with E-state index in [0.29, 0.717) is 5.56 Å². The lowest BCUT2D eigenvalue weighted by atomic mass is 9.96. The summed E-state index contributed by atoms with van der Waals surface area (Å²) in [6, 6.07) is 25.2. The van der Waals surface area contributed by atoms with E-state index in [1.54, 1.807) is 12.3 Å². The monoisotopic (exact) mass is 416 g/mol. The van der Waals surface area contributed by atoms with E-state index in [2.05, 4.69) is 80.8 Å². The molecule has 1 fully saturated rings. The molecule has 31 heavy (non-hydrogen) atoms. The Balaban J connectivity index is 1.44. The smallest absolute Gasteiger partial charge is 0.252 e. The summed E-state index contributed by atoms with van der Waals surface area (Å²) in [7, 11) is 0. The van der Waals surface area contributed by atoms with Gasteiger partial charge in [-0.15, -0.1) is 0 Å². The molecular weight excluding hydrogens is 388 g/mol. The van der Waals surface area contributed by atoms with Gasteiger partial charge in [0.05, 0.1) is 18.2 Å². The molecular formula is C25H28N4O2. The molecule has 0 radical (unpaired) electrons. The highest BCUT2D eigenvalue weighted by Gasteiger charge is 2.26. The Hall–Kier alpha value is -3.22. The quantitative estimate of drug-likeness (QED) is 0.620. The van der Waals surface area contributed by atoms with Crippen molar-refractivity contribution in [1.82, 2.24) is 15.2 Å². The number of piperazine rings is 1. The van der Waals surface area contributed by atoms with Crippen LogP contribution in [0.1, 0.15) is 27.5 Å². The Morgan fingerprint density at radius 2 is 1.52 bits per heavy atom. The van der Waals surface area contributed by atoms with Gasteiger partial charge in [0.2, 0.25) is 0 Å². The number of carbonyl (C=O) groups is 1. The number of aromatic nitrogens is 1. The van der Waals surface area contributed by atoms with Crippen LogP contribution in [-0.2, 0) is 0 Å². The van der Waals surface area contributed by atoms with Crippen molar-refractivity contribution < 1.29 is 9.90 Å². The lowest BCUT2D eigenvalue weighted by molar-refractivity contribution is 0.0944. The molecule has 1 aliphatic heterocycles. The second-order valence-electron chi connectivity index (χ2n) is 7.63. The Morgan fingerprint density at radius 1 is 0.903 bits per heavy atom. The largest absolute Gasteiger partial charge is 0.395 e. The summed E-state index contributed by atoms with van der Waals surface area (Å²) in [4.78, 5) is 21.3. The molecule has 3 aromatic rings. The highest BCUT2D eigenvalue weighted by molar-refractivity contribution is 5.94. The van der Waals surface area contributed by atoms with Crippen molar-refractivity contribution >= 4 is 11.7 Å². The van der Waals surface area contributed by atoms with Crippen LogP contribution < -0.4 is 10.2 Å². The van der Waals surface area contributed by atoms with Gasteiger partial charge in [-0.25, -0.2) is 4.98 Å². The topological polar surface area (TPSA) is 68.7 Å². The van der Waals surface area contributed by atoms with Crippen LogP contribution in [0.5, 0.6) is 0 Å². The van der Waals surface area contributed by atoms with Gasteiger partial charge in [0, 0.05) is 38.9 Å². The second-order valence-corrected chi connectivity index (χ2v) is 7.63. The molecule has 6 nitrogen and oxygen atoms in total. The molecule has 0 unspecified atom stereocenters. The van der Waals surface area contributed by atoms with Gasteiger partial charge in [-0.05, 0) is 23.3 Å². The molecule has 2 N–H and O–H groups in total. The summed E-state index contributed by atoms with van der Waals surface area (Å²) in [5.74, 6) is 0.667. The predicted octanol–water partition coefficient (Wildman–Crippen LogP) is 2.72. The minimum absolute atomic E-state index is 0.0749. The van der Waals surface area contributed by atoms with Crippen molar-refractivity contribution in [3.05, 3.63) is 95.7 Å². The van der Waals surface area contributed by atoms with Gasteiger partial charge in [-0.3, -0.25) is 9.69 Å². The molecule has 1 amide bonds. The Kier molecular flexibility index (Phi) is 6.92. The number of aliphatic hydroxyl groups is 1. The third kappa shape index (κ3) is 5.10. The molecule has 0 spiro atoms. The number of carbonyl (C=O) groups excluding carboxylic acids is 1. The van der Waals surface area contributed by atoms with E-state index in [1.807, 2.05) is 6.07 Å². The third-order valence-corrected chi connectivity index (χ3v) is 5.64. The van der Waals surface area contributed by atoms with Crippen molar-refractivity contribution in [2.24, 2.45) is 0 Å². The van der Waals surface area contributed by atoms with Crippen molar-refractivity contribution in [2.45, 2.75) is 6.04 Å². The maximum Gasteiger partial charge on any atom is 0.252 e. The molecule has 1 saturated heterocycles. The zero-order chi connectivity index (χ0) is 21.5. The van der Waals surface area contributed by atoms with Crippen LogP contribution in [0.3, 0.4) is 0 Å². The van der Waals surface area contributed by atoms with Crippen LogP contribution >= 0.6 is 0 Å². The standard InChI is InChI=1S/C25H28N4O2/c30-18-13-26-25(31)22-11-12-23(27-19-22)28-14-16-29(17-15-28)24(20-7-3-1-4-8-20)21-9-5-2-6-10-21/h1-12,19,24,30H,13-18H2,(H,26,31). The second kappa shape index (κ2) is 10.2. The fourth-order valence-corrected chi connectivity index (χ4v) is 4.07. The first-order valence-electron chi connectivity index (χ1n) is 10.7. The predicted molar refractivity (Wildman–Crippen MR) is 122 cm³/mol. The lowest BCUT2D eigenvalue weighted by Crippen LogP contribution is -2.48. The highest BCUT2D eigenvalue weighted by Crippen LogP contribution is 2.30. The summed E-state index contributed by atoms with van der Waals surface area (Å²) < 4.78 is 0. The molecule has 0 aliphatic carbocycles. The summed E-state index contributed by atoms with van der Waals surface area (Å²) >= 11 is 0.